The number of nitrogen functional groups attached to an aromatic ring is 1. The molecule has 0 bridgehead atoms. The van der Waals surface area contributed by atoms with Gasteiger partial charge in [0.25, 0.3) is 6.01 Å². The maximum absolute atomic E-state index is 5.81. The highest BCUT2D eigenvalue weighted by atomic mass is 16.4. The van der Waals surface area contributed by atoms with Crippen molar-refractivity contribution in [3.63, 3.8) is 0 Å². The molecule has 4 nitrogen and oxygen atoms in total. The molecule has 0 amide bonds. The molecule has 17 heavy (non-hydrogen) atoms. The zero-order valence-electron chi connectivity index (χ0n) is 10.2. The molecule has 4 heteroatoms. The first-order valence-corrected chi connectivity index (χ1v) is 6.20. The first-order valence-electron chi connectivity index (χ1n) is 6.20. The van der Waals surface area contributed by atoms with Gasteiger partial charge < -0.3 is 15.5 Å². The first kappa shape index (κ1) is 11.8. The van der Waals surface area contributed by atoms with Crippen LogP contribution in [0, 0.1) is 0 Å². The molecule has 0 aliphatic carbocycles. The Kier molecular flexibility index (Phi) is 3.85. The molecule has 0 atom stereocenters. The van der Waals surface area contributed by atoms with Crippen molar-refractivity contribution in [2.24, 2.45) is 0 Å². The number of nitrogens with zero attached hydrogens (tertiary/aromatic N) is 1. The third kappa shape index (κ3) is 2.90. The fraction of sp³-hybridized carbons (Fsp3) is 0.462. The molecule has 0 unspecified atom stereocenters. The van der Waals surface area contributed by atoms with Gasteiger partial charge in [0.1, 0.15) is 5.52 Å². The predicted octanol–water partition coefficient (Wildman–Crippen LogP) is 3.40. The van der Waals surface area contributed by atoms with Gasteiger partial charge in [-0.1, -0.05) is 32.3 Å². The van der Waals surface area contributed by atoms with E-state index in [4.69, 9.17) is 10.2 Å². The van der Waals surface area contributed by atoms with Crippen LogP contribution in [0.4, 0.5) is 11.7 Å². The van der Waals surface area contributed by atoms with E-state index in [2.05, 4.69) is 17.2 Å². The average molecular weight is 233 g/mol. The molecule has 0 radical (unpaired) electrons. The summed E-state index contributed by atoms with van der Waals surface area (Å²) in [6.07, 6.45) is 4.91. The Morgan fingerprint density at radius 1 is 1.29 bits per heavy atom. The van der Waals surface area contributed by atoms with E-state index in [1.165, 1.54) is 19.3 Å². The van der Waals surface area contributed by atoms with Gasteiger partial charge in [0.15, 0.2) is 5.58 Å². The SMILES string of the molecule is CCCCCCNc1nc2c(N)cccc2o1. The highest BCUT2D eigenvalue weighted by Crippen LogP contribution is 2.23. The van der Waals surface area contributed by atoms with Crippen LogP contribution in [-0.2, 0) is 0 Å². The smallest absolute Gasteiger partial charge is 0.295 e. The van der Waals surface area contributed by atoms with Crippen molar-refractivity contribution in [1.82, 2.24) is 4.98 Å². The lowest BCUT2D eigenvalue weighted by Crippen LogP contribution is -2.01. The summed E-state index contributed by atoms with van der Waals surface area (Å²) in [5.41, 5.74) is 7.95. The van der Waals surface area contributed by atoms with Gasteiger partial charge >= 0.3 is 0 Å². The molecule has 0 saturated heterocycles. The third-order valence-electron chi connectivity index (χ3n) is 2.76. The minimum absolute atomic E-state index is 0.564. The number of anilines is 2. The van der Waals surface area contributed by atoms with Gasteiger partial charge in [-0.2, -0.15) is 4.98 Å². The summed E-state index contributed by atoms with van der Waals surface area (Å²) in [5, 5.41) is 3.19. The van der Waals surface area contributed by atoms with Crippen LogP contribution in [0.3, 0.4) is 0 Å². The maximum Gasteiger partial charge on any atom is 0.295 e. The highest BCUT2D eigenvalue weighted by Gasteiger charge is 2.06. The van der Waals surface area contributed by atoms with Gasteiger partial charge in [-0.05, 0) is 18.6 Å². The summed E-state index contributed by atoms with van der Waals surface area (Å²) >= 11 is 0. The number of fused-ring (bicyclic) bond motifs is 1. The summed E-state index contributed by atoms with van der Waals surface area (Å²) in [5.74, 6) is 0. The Hall–Kier alpha value is -1.71. The van der Waals surface area contributed by atoms with Crippen molar-refractivity contribution in [2.45, 2.75) is 32.6 Å². The van der Waals surface area contributed by atoms with E-state index in [1.54, 1.807) is 0 Å². The molecule has 3 N–H and O–H groups in total. The van der Waals surface area contributed by atoms with E-state index >= 15 is 0 Å². The van der Waals surface area contributed by atoms with Crippen molar-refractivity contribution in [3.05, 3.63) is 18.2 Å². The number of hydrogen-bond donors (Lipinski definition) is 2. The van der Waals surface area contributed by atoms with Crippen LogP contribution < -0.4 is 11.1 Å². The second kappa shape index (κ2) is 5.57. The maximum atomic E-state index is 5.81. The van der Waals surface area contributed by atoms with Crippen molar-refractivity contribution in [3.8, 4) is 0 Å². The summed E-state index contributed by atoms with van der Waals surface area (Å²) in [7, 11) is 0. The van der Waals surface area contributed by atoms with Crippen molar-refractivity contribution < 1.29 is 4.42 Å². The van der Waals surface area contributed by atoms with Gasteiger partial charge in [-0.25, -0.2) is 0 Å². The second-order valence-corrected chi connectivity index (χ2v) is 4.20. The fourth-order valence-electron chi connectivity index (χ4n) is 1.79. The molecule has 1 heterocycles. The highest BCUT2D eigenvalue weighted by molar-refractivity contribution is 5.86. The molecular weight excluding hydrogens is 214 g/mol. The average Bonchev–Trinajstić information content (AvgIpc) is 2.73. The molecule has 1 aromatic carbocycles. The largest absolute Gasteiger partial charge is 0.423 e. The molecule has 92 valence electrons. The van der Waals surface area contributed by atoms with Crippen molar-refractivity contribution in [2.75, 3.05) is 17.6 Å². The Morgan fingerprint density at radius 3 is 2.94 bits per heavy atom. The van der Waals surface area contributed by atoms with Gasteiger partial charge in [-0.3, -0.25) is 0 Å². The number of para-hydroxylation sites is 1. The quantitative estimate of drug-likeness (QED) is 0.593. The number of oxazole rings is 1. The minimum Gasteiger partial charge on any atom is -0.423 e. The van der Waals surface area contributed by atoms with Crippen molar-refractivity contribution in [1.29, 1.82) is 0 Å². The molecule has 0 fully saturated rings. The molecule has 0 saturated carbocycles. The van der Waals surface area contributed by atoms with Crippen LogP contribution in [0.5, 0.6) is 0 Å². The molecule has 1 aromatic heterocycles. The Balaban J connectivity index is 1.93. The number of rotatable bonds is 6. The standard InChI is InChI=1S/C13H19N3O/c1-2-3-4-5-9-15-13-16-12-10(14)7-6-8-11(12)17-13/h6-8H,2-5,9,14H2,1H3,(H,15,16). The fourth-order valence-corrected chi connectivity index (χ4v) is 1.79. The number of unbranched alkanes of at least 4 members (excludes halogenated alkanes) is 3. The molecule has 0 aliphatic rings. The van der Waals surface area contributed by atoms with Gasteiger partial charge in [-0.15, -0.1) is 0 Å². The van der Waals surface area contributed by atoms with Crippen LogP contribution in [0.25, 0.3) is 11.1 Å². The van der Waals surface area contributed by atoms with Crippen LogP contribution in [0.15, 0.2) is 22.6 Å². The molecule has 0 aliphatic heterocycles. The first-order chi connectivity index (χ1) is 8.31. The molecule has 0 spiro atoms. The minimum atomic E-state index is 0.564. The van der Waals surface area contributed by atoms with Gasteiger partial charge in [0, 0.05) is 6.54 Å². The second-order valence-electron chi connectivity index (χ2n) is 4.20. The Labute approximate surface area is 101 Å². The zero-order valence-corrected chi connectivity index (χ0v) is 10.2. The number of benzene rings is 1. The number of aromatic nitrogens is 1. The Bertz CT molecular complexity index is 478. The van der Waals surface area contributed by atoms with Crippen LogP contribution in [0.1, 0.15) is 32.6 Å². The van der Waals surface area contributed by atoms with Gasteiger partial charge in [0.05, 0.1) is 5.69 Å². The van der Waals surface area contributed by atoms with E-state index in [0.717, 1.165) is 24.1 Å². The molecule has 2 rings (SSSR count). The molecule has 2 aromatic rings. The zero-order chi connectivity index (χ0) is 12.1. The predicted molar refractivity (Wildman–Crippen MR) is 71.1 cm³/mol. The lowest BCUT2D eigenvalue weighted by atomic mass is 10.2. The molecular formula is C13H19N3O. The summed E-state index contributed by atoms with van der Waals surface area (Å²) in [6.45, 7) is 3.10. The van der Waals surface area contributed by atoms with Crippen LogP contribution in [-0.4, -0.2) is 11.5 Å². The summed E-state index contributed by atoms with van der Waals surface area (Å²) < 4.78 is 5.55. The Morgan fingerprint density at radius 2 is 2.18 bits per heavy atom. The van der Waals surface area contributed by atoms with E-state index < -0.39 is 0 Å². The van der Waals surface area contributed by atoms with E-state index in [1.807, 2.05) is 18.2 Å². The number of nitrogens with two attached hydrogens (primary N) is 1. The monoisotopic (exact) mass is 233 g/mol. The topological polar surface area (TPSA) is 64.1 Å². The van der Waals surface area contributed by atoms with Crippen LogP contribution >= 0.6 is 0 Å². The summed E-state index contributed by atoms with van der Waals surface area (Å²) in [6, 6.07) is 6.14. The van der Waals surface area contributed by atoms with Crippen molar-refractivity contribution >= 4 is 22.8 Å². The van der Waals surface area contributed by atoms with E-state index in [-0.39, 0.29) is 0 Å². The van der Waals surface area contributed by atoms with Crippen LogP contribution in [0.2, 0.25) is 0 Å². The normalized spacial score (nSPS) is 10.9. The summed E-state index contributed by atoms with van der Waals surface area (Å²) in [4.78, 5) is 4.33. The number of hydrogen-bond acceptors (Lipinski definition) is 4. The van der Waals surface area contributed by atoms with Gasteiger partial charge in [0.2, 0.25) is 0 Å². The van der Waals surface area contributed by atoms with E-state index in [0.29, 0.717) is 11.7 Å². The third-order valence-corrected chi connectivity index (χ3v) is 2.76. The lowest BCUT2D eigenvalue weighted by Gasteiger charge is -2.00. The number of nitrogens with one attached hydrogen (secondary N) is 1. The van der Waals surface area contributed by atoms with E-state index in [9.17, 15) is 0 Å². The lowest BCUT2D eigenvalue weighted by molar-refractivity contribution is 0.606.